The average Bonchev–Trinajstić information content (AvgIpc) is 2.39. The summed E-state index contributed by atoms with van der Waals surface area (Å²) in [7, 11) is 2.05. The fourth-order valence-corrected chi connectivity index (χ4v) is 2.84. The van der Waals surface area contributed by atoms with Gasteiger partial charge in [0.1, 0.15) is 0 Å². The quantitative estimate of drug-likeness (QED) is 0.576. The van der Waals surface area contributed by atoms with Gasteiger partial charge in [0, 0.05) is 11.1 Å². The maximum Gasteiger partial charge on any atom is 0.0408 e. The molecular weight excluding hydrogens is 254 g/mol. The maximum atomic E-state index is 6.02. The van der Waals surface area contributed by atoms with E-state index in [1.165, 1.54) is 56.1 Å². The zero-order valence-corrected chi connectivity index (χ0v) is 13.4. The highest BCUT2D eigenvalue weighted by molar-refractivity contribution is 6.30. The van der Waals surface area contributed by atoms with Crippen molar-refractivity contribution >= 4 is 11.6 Å². The fraction of sp³-hybridized carbons (Fsp3) is 0.647. The summed E-state index contributed by atoms with van der Waals surface area (Å²) in [5.41, 5.74) is 2.68. The number of rotatable bonds is 9. The van der Waals surface area contributed by atoms with Crippen molar-refractivity contribution in [1.82, 2.24) is 5.32 Å². The van der Waals surface area contributed by atoms with Crippen LogP contribution in [0.15, 0.2) is 18.2 Å². The Bertz CT molecular complexity index is 362. The molecule has 108 valence electrons. The van der Waals surface area contributed by atoms with E-state index in [2.05, 4.69) is 38.3 Å². The highest BCUT2D eigenvalue weighted by Crippen LogP contribution is 2.25. The molecule has 1 atom stereocenters. The lowest BCUT2D eigenvalue weighted by Crippen LogP contribution is -2.17. The van der Waals surface area contributed by atoms with Gasteiger partial charge in [0.2, 0.25) is 0 Å². The van der Waals surface area contributed by atoms with E-state index in [4.69, 9.17) is 11.6 Å². The van der Waals surface area contributed by atoms with Crippen LogP contribution >= 0.6 is 11.6 Å². The van der Waals surface area contributed by atoms with E-state index >= 15 is 0 Å². The molecule has 0 fully saturated rings. The summed E-state index contributed by atoms with van der Waals surface area (Å²) in [5.74, 6) is 0. The molecule has 0 radical (unpaired) electrons. The van der Waals surface area contributed by atoms with Gasteiger partial charge in [-0.3, -0.25) is 0 Å². The molecule has 0 amide bonds. The third kappa shape index (κ3) is 5.97. The van der Waals surface area contributed by atoms with Crippen LogP contribution in [0, 0.1) is 6.92 Å². The van der Waals surface area contributed by atoms with E-state index in [-0.39, 0.29) is 0 Å². The second-order valence-corrected chi connectivity index (χ2v) is 5.84. The van der Waals surface area contributed by atoms with Crippen LogP contribution in [0.25, 0.3) is 0 Å². The molecule has 0 spiro atoms. The third-order valence-electron chi connectivity index (χ3n) is 3.80. The largest absolute Gasteiger partial charge is 0.313 e. The number of benzene rings is 1. The first kappa shape index (κ1) is 16.5. The van der Waals surface area contributed by atoms with E-state index < -0.39 is 0 Å². The van der Waals surface area contributed by atoms with Crippen LogP contribution in [0.1, 0.15) is 69.0 Å². The van der Waals surface area contributed by atoms with Gasteiger partial charge in [0.25, 0.3) is 0 Å². The van der Waals surface area contributed by atoms with Crippen molar-refractivity contribution in [1.29, 1.82) is 0 Å². The minimum Gasteiger partial charge on any atom is -0.313 e. The van der Waals surface area contributed by atoms with Crippen LogP contribution in [-0.2, 0) is 0 Å². The number of unbranched alkanes of at least 4 members (excludes halogenated alkanes) is 5. The molecule has 19 heavy (non-hydrogen) atoms. The molecule has 0 saturated carbocycles. The second-order valence-electron chi connectivity index (χ2n) is 5.40. The molecule has 1 rings (SSSR count). The Labute approximate surface area is 123 Å². The van der Waals surface area contributed by atoms with Crippen molar-refractivity contribution < 1.29 is 0 Å². The molecule has 0 aromatic heterocycles. The first-order valence-corrected chi connectivity index (χ1v) is 8.00. The first-order chi connectivity index (χ1) is 9.19. The smallest absolute Gasteiger partial charge is 0.0408 e. The summed E-state index contributed by atoms with van der Waals surface area (Å²) >= 11 is 6.02. The molecule has 1 nitrogen and oxygen atoms in total. The summed E-state index contributed by atoms with van der Waals surface area (Å²) in [6.45, 7) is 4.41. The number of hydrogen-bond acceptors (Lipinski definition) is 1. The lowest BCUT2D eigenvalue weighted by molar-refractivity contribution is 0.496. The monoisotopic (exact) mass is 281 g/mol. The molecule has 1 N–H and O–H groups in total. The Balaban J connectivity index is 2.40. The van der Waals surface area contributed by atoms with Crippen molar-refractivity contribution in [2.75, 3.05) is 7.05 Å². The molecule has 0 aliphatic rings. The van der Waals surface area contributed by atoms with Gasteiger partial charge >= 0.3 is 0 Å². The van der Waals surface area contributed by atoms with Crippen LogP contribution in [0.3, 0.4) is 0 Å². The highest BCUT2D eigenvalue weighted by atomic mass is 35.5. The Kier molecular flexibility index (Phi) is 8.16. The van der Waals surface area contributed by atoms with Crippen LogP contribution in [-0.4, -0.2) is 7.05 Å². The zero-order chi connectivity index (χ0) is 14.1. The van der Waals surface area contributed by atoms with Gasteiger partial charge in [-0.25, -0.2) is 0 Å². The number of nitrogens with one attached hydrogen (secondary N) is 1. The molecule has 0 heterocycles. The van der Waals surface area contributed by atoms with Gasteiger partial charge < -0.3 is 5.32 Å². The molecule has 1 aromatic rings. The Morgan fingerprint density at radius 2 is 1.79 bits per heavy atom. The lowest BCUT2D eigenvalue weighted by Gasteiger charge is -2.19. The molecule has 0 aliphatic heterocycles. The number of hydrogen-bond donors (Lipinski definition) is 1. The molecule has 0 bridgehead atoms. The van der Waals surface area contributed by atoms with E-state index in [0.717, 1.165) is 5.02 Å². The molecule has 2 heteroatoms. The summed E-state index contributed by atoms with van der Waals surface area (Å²) in [6.07, 6.45) is 9.34. The van der Waals surface area contributed by atoms with Crippen molar-refractivity contribution in [3.05, 3.63) is 34.3 Å². The van der Waals surface area contributed by atoms with Gasteiger partial charge in [-0.05, 0) is 43.7 Å². The molecule has 0 aliphatic carbocycles. The summed E-state index contributed by atoms with van der Waals surface area (Å²) in [6, 6.07) is 6.68. The van der Waals surface area contributed by atoms with Crippen molar-refractivity contribution in [3.8, 4) is 0 Å². The van der Waals surface area contributed by atoms with Gasteiger partial charge in [-0.15, -0.1) is 0 Å². The second kappa shape index (κ2) is 9.39. The predicted molar refractivity (Wildman–Crippen MR) is 86.0 cm³/mol. The summed E-state index contributed by atoms with van der Waals surface area (Å²) < 4.78 is 0. The Hall–Kier alpha value is -0.530. The van der Waals surface area contributed by atoms with Gasteiger partial charge in [0.15, 0.2) is 0 Å². The maximum absolute atomic E-state index is 6.02. The predicted octanol–water partition coefficient (Wildman–Crippen LogP) is 5.66. The zero-order valence-electron chi connectivity index (χ0n) is 12.6. The van der Waals surface area contributed by atoms with Crippen molar-refractivity contribution in [3.63, 3.8) is 0 Å². The normalized spacial score (nSPS) is 12.6. The van der Waals surface area contributed by atoms with Gasteiger partial charge in [0.05, 0.1) is 0 Å². The minimum absolute atomic E-state index is 0.462. The van der Waals surface area contributed by atoms with E-state index in [1.54, 1.807) is 0 Å². The summed E-state index contributed by atoms with van der Waals surface area (Å²) in [4.78, 5) is 0. The van der Waals surface area contributed by atoms with Gasteiger partial charge in [-0.2, -0.15) is 0 Å². The third-order valence-corrected chi connectivity index (χ3v) is 4.04. The first-order valence-electron chi connectivity index (χ1n) is 7.62. The molecule has 0 saturated heterocycles. The Morgan fingerprint density at radius 3 is 2.42 bits per heavy atom. The highest BCUT2D eigenvalue weighted by Gasteiger charge is 2.11. The number of halogens is 1. The lowest BCUT2D eigenvalue weighted by atomic mass is 9.96. The van der Waals surface area contributed by atoms with Crippen LogP contribution in [0.5, 0.6) is 0 Å². The van der Waals surface area contributed by atoms with Crippen molar-refractivity contribution in [2.24, 2.45) is 0 Å². The fourth-order valence-electron chi connectivity index (χ4n) is 2.61. The van der Waals surface area contributed by atoms with Crippen LogP contribution in [0.2, 0.25) is 5.02 Å². The average molecular weight is 282 g/mol. The summed E-state index contributed by atoms with van der Waals surface area (Å²) in [5, 5.41) is 4.27. The van der Waals surface area contributed by atoms with Gasteiger partial charge in [-0.1, -0.05) is 63.1 Å². The van der Waals surface area contributed by atoms with E-state index in [1.807, 2.05) is 6.07 Å². The van der Waals surface area contributed by atoms with Crippen LogP contribution < -0.4 is 5.32 Å². The molecule has 1 unspecified atom stereocenters. The Morgan fingerprint density at radius 1 is 1.11 bits per heavy atom. The van der Waals surface area contributed by atoms with E-state index in [0.29, 0.717) is 6.04 Å². The molecule has 1 aromatic carbocycles. The SMILES string of the molecule is CCCCCCCCC(NC)c1ccc(Cl)cc1C. The topological polar surface area (TPSA) is 12.0 Å². The number of aryl methyl sites for hydroxylation is 1. The minimum atomic E-state index is 0.462. The van der Waals surface area contributed by atoms with Crippen LogP contribution in [0.4, 0.5) is 0 Å². The van der Waals surface area contributed by atoms with E-state index in [9.17, 15) is 0 Å². The standard InChI is InChI=1S/C17H28ClN/c1-4-5-6-7-8-9-10-17(19-3)16-12-11-15(18)13-14(16)2/h11-13,17,19H,4-10H2,1-3H3. The molecular formula is C17H28ClN. The van der Waals surface area contributed by atoms with Crippen molar-refractivity contribution in [2.45, 2.75) is 64.8 Å².